The number of amides is 1. The molecule has 0 fully saturated rings. The van der Waals surface area contributed by atoms with Gasteiger partial charge in [-0.3, -0.25) is 9.69 Å². The Morgan fingerprint density at radius 2 is 1.86 bits per heavy atom. The molecular weight excluding hydrogens is 370 g/mol. The van der Waals surface area contributed by atoms with Crippen molar-refractivity contribution in [3.05, 3.63) is 65.2 Å². The minimum atomic E-state index is -0.0572. The quantitative estimate of drug-likeness (QED) is 0.612. The lowest BCUT2D eigenvalue weighted by Gasteiger charge is -2.15. The minimum Gasteiger partial charge on any atom is -0.497 e. The average molecular weight is 396 g/mol. The van der Waals surface area contributed by atoms with Crippen LogP contribution in [-0.2, 0) is 17.8 Å². The number of hydrogen-bond acceptors (Lipinski definition) is 5. The highest BCUT2D eigenvalue weighted by atomic mass is 32.1. The Bertz CT molecular complexity index is 904. The van der Waals surface area contributed by atoms with Crippen molar-refractivity contribution in [1.82, 2.24) is 9.88 Å². The van der Waals surface area contributed by atoms with Crippen LogP contribution in [0.4, 0.5) is 5.69 Å². The van der Waals surface area contributed by atoms with Crippen LogP contribution in [0.2, 0.25) is 0 Å². The molecule has 3 rings (SSSR count). The van der Waals surface area contributed by atoms with Crippen molar-refractivity contribution in [2.24, 2.45) is 0 Å². The van der Waals surface area contributed by atoms with Crippen LogP contribution in [0.1, 0.15) is 18.2 Å². The minimum absolute atomic E-state index is 0.0572. The first-order chi connectivity index (χ1) is 13.6. The molecule has 2 aromatic carbocycles. The summed E-state index contributed by atoms with van der Waals surface area (Å²) in [7, 11) is 3.54. The highest BCUT2D eigenvalue weighted by Crippen LogP contribution is 2.24. The molecule has 0 saturated heterocycles. The van der Waals surface area contributed by atoms with Crippen LogP contribution in [0.15, 0.2) is 53.9 Å². The summed E-state index contributed by atoms with van der Waals surface area (Å²) in [6, 6.07) is 15.8. The number of likely N-dealkylation sites (N-methyl/N-ethyl adjacent to an activating group) is 1. The number of carbonyl (C=O) groups is 1. The molecule has 1 N–H and O–H groups in total. The van der Waals surface area contributed by atoms with Gasteiger partial charge in [0.25, 0.3) is 0 Å². The number of nitrogens with one attached hydrogen (secondary N) is 1. The fourth-order valence-electron chi connectivity index (χ4n) is 2.85. The summed E-state index contributed by atoms with van der Waals surface area (Å²) in [6.07, 6.45) is 1.03. The Labute approximate surface area is 170 Å². The van der Waals surface area contributed by atoms with Gasteiger partial charge in [-0.15, -0.1) is 11.3 Å². The molecule has 5 nitrogen and oxygen atoms in total. The molecular formula is C22H25N3O2S. The number of nitrogens with zero attached hydrogens (tertiary/aromatic N) is 2. The summed E-state index contributed by atoms with van der Waals surface area (Å²) in [5.41, 5.74) is 4.18. The van der Waals surface area contributed by atoms with Crippen molar-refractivity contribution in [3.8, 4) is 16.3 Å². The predicted octanol–water partition coefficient (Wildman–Crippen LogP) is 4.45. The summed E-state index contributed by atoms with van der Waals surface area (Å²) >= 11 is 1.63. The van der Waals surface area contributed by atoms with Gasteiger partial charge >= 0.3 is 0 Å². The van der Waals surface area contributed by atoms with Crippen molar-refractivity contribution in [2.75, 3.05) is 26.0 Å². The van der Waals surface area contributed by atoms with Gasteiger partial charge in [0.15, 0.2) is 0 Å². The van der Waals surface area contributed by atoms with Gasteiger partial charge in [0.05, 0.1) is 19.3 Å². The summed E-state index contributed by atoms with van der Waals surface area (Å²) in [5.74, 6) is 0.706. The molecule has 0 atom stereocenters. The SMILES string of the molecule is CCc1ccc(-c2nc(CN(C)CC(=O)Nc3ccc(OC)cc3)cs2)cc1. The third-order valence-electron chi connectivity index (χ3n) is 4.38. The van der Waals surface area contributed by atoms with E-state index in [1.165, 1.54) is 5.56 Å². The van der Waals surface area contributed by atoms with Crippen molar-refractivity contribution in [3.63, 3.8) is 0 Å². The van der Waals surface area contributed by atoms with E-state index in [4.69, 9.17) is 9.72 Å². The molecule has 0 radical (unpaired) electrons. The van der Waals surface area contributed by atoms with Gasteiger partial charge in [-0.2, -0.15) is 0 Å². The maximum atomic E-state index is 12.3. The molecule has 146 valence electrons. The highest BCUT2D eigenvalue weighted by molar-refractivity contribution is 7.13. The van der Waals surface area contributed by atoms with E-state index in [1.807, 2.05) is 36.2 Å². The molecule has 0 saturated carbocycles. The van der Waals surface area contributed by atoms with Gasteiger partial charge in [-0.05, 0) is 43.3 Å². The second-order valence-electron chi connectivity index (χ2n) is 6.64. The van der Waals surface area contributed by atoms with Gasteiger partial charge in [-0.1, -0.05) is 31.2 Å². The smallest absolute Gasteiger partial charge is 0.238 e. The molecule has 0 bridgehead atoms. The third-order valence-corrected chi connectivity index (χ3v) is 5.32. The maximum Gasteiger partial charge on any atom is 0.238 e. The number of aromatic nitrogens is 1. The second-order valence-corrected chi connectivity index (χ2v) is 7.50. The third kappa shape index (κ3) is 5.41. The lowest BCUT2D eigenvalue weighted by molar-refractivity contribution is -0.117. The van der Waals surface area contributed by atoms with Gasteiger partial charge in [0, 0.05) is 23.2 Å². The Morgan fingerprint density at radius 1 is 1.14 bits per heavy atom. The molecule has 1 amide bonds. The van der Waals surface area contributed by atoms with Crippen LogP contribution >= 0.6 is 11.3 Å². The molecule has 6 heteroatoms. The number of methoxy groups -OCH3 is 1. The second kappa shape index (κ2) is 9.48. The topological polar surface area (TPSA) is 54.5 Å². The Kier molecular flexibility index (Phi) is 6.79. The zero-order chi connectivity index (χ0) is 19.9. The zero-order valence-corrected chi connectivity index (χ0v) is 17.3. The van der Waals surface area contributed by atoms with Crippen LogP contribution < -0.4 is 10.1 Å². The van der Waals surface area contributed by atoms with Crippen LogP contribution in [0.3, 0.4) is 0 Å². The zero-order valence-electron chi connectivity index (χ0n) is 16.4. The van der Waals surface area contributed by atoms with Crippen molar-refractivity contribution in [1.29, 1.82) is 0 Å². The van der Waals surface area contributed by atoms with Gasteiger partial charge < -0.3 is 10.1 Å². The van der Waals surface area contributed by atoms with Crippen molar-refractivity contribution < 1.29 is 9.53 Å². The van der Waals surface area contributed by atoms with E-state index >= 15 is 0 Å². The number of anilines is 1. The average Bonchev–Trinajstić information content (AvgIpc) is 3.16. The Balaban J connectivity index is 1.53. The Hall–Kier alpha value is -2.70. The van der Waals surface area contributed by atoms with Crippen molar-refractivity contribution in [2.45, 2.75) is 19.9 Å². The molecule has 3 aromatic rings. The molecule has 0 aliphatic rings. The monoisotopic (exact) mass is 395 g/mol. The van der Waals surface area contributed by atoms with E-state index < -0.39 is 0 Å². The van der Waals surface area contributed by atoms with Crippen molar-refractivity contribution >= 4 is 22.9 Å². The molecule has 1 heterocycles. The summed E-state index contributed by atoms with van der Waals surface area (Å²) in [6.45, 7) is 3.07. The van der Waals surface area contributed by atoms with Crippen LogP contribution in [-0.4, -0.2) is 36.5 Å². The fourth-order valence-corrected chi connectivity index (χ4v) is 3.66. The lowest BCUT2D eigenvalue weighted by Crippen LogP contribution is -2.29. The normalized spacial score (nSPS) is 10.9. The summed E-state index contributed by atoms with van der Waals surface area (Å²) in [4.78, 5) is 18.9. The molecule has 28 heavy (non-hydrogen) atoms. The van der Waals surface area contributed by atoms with Crippen LogP contribution in [0.5, 0.6) is 5.75 Å². The number of rotatable bonds is 8. The van der Waals surface area contributed by atoms with E-state index in [9.17, 15) is 4.79 Å². The van der Waals surface area contributed by atoms with Gasteiger partial charge in [0.1, 0.15) is 10.8 Å². The number of ether oxygens (including phenoxy) is 1. The lowest BCUT2D eigenvalue weighted by atomic mass is 10.1. The van der Waals surface area contributed by atoms with E-state index in [-0.39, 0.29) is 5.91 Å². The Morgan fingerprint density at radius 3 is 2.50 bits per heavy atom. The number of thiazole rings is 1. The first-order valence-electron chi connectivity index (χ1n) is 9.23. The number of carbonyl (C=O) groups excluding carboxylic acids is 1. The number of aryl methyl sites for hydroxylation is 1. The molecule has 0 aliphatic heterocycles. The highest BCUT2D eigenvalue weighted by Gasteiger charge is 2.11. The first-order valence-corrected chi connectivity index (χ1v) is 10.1. The molecule has 0 unspecified atom stereocenters. The maximum absolute atomic E-state index is 12.3. The summed E-state index contributed by atoms with van der Waals surface area (Å²) < 4.78 is 5.12. The first kappa shape index (κ1) is 20.0. The number of hydrogen-bond donors (Lipinski definition) is 1. The van der Waals surface area contributed by atoms with Crippen LogP contribution in [0.25, 0.3) is 10.6 Å². The molecule has 0 aliphatic carbocycles. The van der Waals surface area contributed by atoms with Gasteiger partial charge in [0.2, 0.25) is 5.91 Å². The largest absolute Gasteiger partial charge is 0.497 e. The summed E-state index contributed by atoms with van der Waals surface area (Å²) in [5, 5.41) is 5.96. The fraction of sp³-hybridized carbons (Fsp3) is 0.273. The van der Waals surface area contributed by atoms with Gasteiger partial charge in [-0.25, -0.2) is 4.98 Å². The van der Waals surface area contributed by atoms with E-state index in [0.717, 1.165) is 34.1 Å². The standard InChI is InChI=1S/C22H25N3O2S/c1-4-16-5-7-17(8-6-16)22-24-19(15-28-22)13-25(2)14-21(26)23-18-9-11-20(27-3)12-10-18/h5-12,15H,4,13-14H2,1-3H3,(H,23,26). The number of benzene rings is 2. The van der Waals surface area contributed by atoms with E-state index in [1.54, 1.807) is 18.4 Å². The molecule has 1 aromatic heterocycles. The van der Waals surface area contributed by atoms with Crippen LogP contribution in [0, 0.1) is 0 Å². The van der Waals surface area contributed by atoms with E-state index in [0.29, 0.717) is 13.1 Å². The predicted molar refractivity (Wildman–Crippen MR) is 115 cm³/mol. The van der Waals surface area contributed by atoms with E-state index in [2.05, 4.69) is 41.9 Å². The molecule has 0 spiro atoms.